The number of rotatable bonds is 12. The van der Waals surface area contributed by atoms with E-state index in [1.807, 2.05) is 32.0 Å². The summed E-state index contributed by atoms with van der Waals surface area (Å²) < 4.78 is 20.0. The number of amides is 4. The molecular formula is C53H68N6O9. The van der Waals surface area contributed by atoms with Crippen molar-refractivity contribution in [1.29, 1.82) is 0 Å². The fraction of sp³-hybridized carbons (Fsp3) is 0.491. The number of hydrogen-bond acceptors (Lipinski definition) is 10. The van der Waals surface area contributed by atoms with Crippen molar-refractivity contribution < 1.29 is 43.3 Å². The fourth-order valence-electron chi connectivity index (χ4n) is 10.4. The number of phenolic OH excluding ortho intramolecular Hbond substituents is 1. The van der Waals surface area contributed by atoms with Gasteiger partial charge in [-0.1, -0.05) is 64.6 Å². The van der Waals surface area contributed by atoms with Crippen LogP contribution >= 0.6 is 0 Å². The number of nitrogens with one attached hydrogen (secondary N) is 2. The van der Waals surface area contributed by atoms with Gasteiger partial charge in [0.25, 0.3) is 5.91 Å². The monoisotopic (exact) mass is 933 g/mol. The molecule has 0 radical (unpaired) electrons. The minimum atomic E-state index is -1.17. The number of carbonyl (C=O) groups excluding carboxylic acids is 5. The minimum absolute atomic E-state index is 0.0137. The standard InChI is InChI=1S/C53H68N6O9/c1-10-45(61)57-21-19-35(28-57)50(63)56(7)47(32(3)4)49(62)54-43-24-33-22-38(25-39(60)23-33)34-17-18-44-40(26-34)41(27-53(5,6)31-68-52(65)42-16-13-20-59(55-42)51(43)64)48(58(44)11-2)46-36(29-66-8)14-12-15-37(46)30-67-9/h10,12,14-15,17-18,22-23,25-26,32,35,42-43,47,55,60H,1,11,13,16,19-21,24,27-31H2,2-9H3,(H,54,62)/t35-,42-,43-,47?/m0/s1. The summed E-state index contributed by atoms with van der Waals surface area (Å²) in [7, 11) is 4.96. The topological polar surface area (TPSA) is 172 Å². The lowest BCUT2D eigenvalue weighted by molar-refractivity contribution is -0.155. The van der Waals surface area contributed by atoms with Gasteiger partial charge < -0.3 is 39.0 Å². The third-order valence-electron chi connectivity index (χ3n) is 13.6. The van der Waals surface area contributed by atoms with Gasteiger partial charge >= 0.3 is 5.97 Å². The van der Waals surface area contributed by atoms with E-state index in [0.717, 1.165) is 44.4 Å². The lowest BCUT2D eigenvalue weighted by Gasteiger charge is -2.37. The van der Waals surface area contributed by atoms with Gasteiger partial charge in [0.05, 0.1) is 31.4 Å². The molecule has 4 heterocycles. The number of aryl methyl sites for hydroxylation is 1. The van der Waals surface area contributed by atoms with E-state index in [4.69, 9.17) is 14.2 Å². The van der Waals surface area contributed by atoms with E-state index in [-0.39, 0.29) is 49.6 Å². The summed E-state index contributed by atoms with van der Waals surface area (Å²) in [5.41, 5.74) is 10.9. The number of aromatic nitrogens is 1. The molecule has 1 aromatic heterocycles. The Morgan fingerprint density at radius 2 is 1.74 bits per heavy atom. The molecule has 2 saturated heterocycles. The number of likely N-dealkylation sites (tertiary alicyclic amines) is 1. The third-order valence-corrected chi connectivity index (χ3v) is 13.6. The van der Waals surface area contributed by atoms with Gasteiger partial charge in [-0.15, -0.1) is 0 Å². The zero-order valence-corrected chi connectivity index (χ0v) is 40.9. The summed E-state index contributed by atoms with van der Waals surface area (Å²) in [6.07, 6.45) is 3.15. The SMILES string of the molecule is C=CC(=O)N1CC[C@H](C(=O)N(C)C(C(=O)N[C@H]2Cc3cc(O)cc(c3)-c3ccc4c(c3)c(c(-c3c(COC)cccc3COC)n4CC)CC(C)(C)COC(=O)[C@@H]3CCCN(N3)C2=O)C(C)C)C1. The van der Waals surface area contributed by atoms with Crippen LogP contribution < -0.4 is 10.7 Å². The smallest absolute Gasteiger partial charge is 0.324 e. The van der Waals surface area contributed by atoms with Crippen LogP contribution in [0.4, 0.5) is 0 Å². The van der Waals surface area contributed by atoms with Gasteiger partial charge in [0.2, 0.25) is 17.7 Å². The van der Waals surface area contributed by atoms with E-state index in [9.17, 15) is 29.1 Å². The number of ether oxygens (including phenoxy) is 3. The number of hydrogen-bond donors (Lipinski definition) is 3. The molecule has 3 aliphatic heterocycles. The van der Waals surface area contributed by atoms with Gasteiger partial charge in [0.15, 0.2) is 0 Å². The number of fused-ring (bicyclic) bond motifs is 6. The van der Waals surface area contributed by atoms with Crippen molar-refractivity contribution in [3.05, 3.63) is 89.5 Å². The molecule has 6 bridgehead atoms. The second kappa shape index (κ2) is 21.1. The summed E-state index contributed by atoms with van der Waals surface area (Å²) in [4.78, 5) is 72.6. The second-order valence-electron chi connectivity index (χ2n) is 19.6. The van der Waals surface area contributed by atoms with Crippen LogP contribution in [0.15, 0.2) is 67.3 Å². The van der Waals surface area contributed by atoms with E-state index in [1.165, 1.54) is 16.0 Å². The number of nitrogens with zero attached hydrogens (tertiary/aromatic N) is 4. The summed E-state index contributed by atoms with van der Waals surface area (Å²) in [6, 6.07) is 14.7. The molecule has 0 spiro atoms. The average Bonchev–Trinajstić information content (AvgIpc) is 3.92. The van der Waals surface area contributed by atoms with Crippen LogP contribution in [0.3, 0.4) is 0 Å². The average molecular weight is 933 g/mol. The summed E-state index contributed by atoms with van der Waals surface area (Å²) >= 11 is 0. The highest BCUT2D eigenvalue weighted by atomic mass is 16.5. The van der Waals surface area contributed by atoms with E-state index < -0.39 is 47.2 Å². The number of aromatic hydroxyl groups is 1. The van der Waals surface area contributed by atoms with Crippen LogP contribution in [-0.4, -0.2) is 120 Å². The lowest BCUT2D eigenvalue weighted by Crippen LogP contribution is -2.62. The molecule has 3 N–H and O–H groups in total. The first kappa shape index (κ1) is 49.9. The Balaban J connectivity index is 1.33. The first-order valence-corrected chi connectivity index (χ1v) is 23.8. The predicted molar refractivity (Wildman–Crippen MR) is 260 cm³/mol. The second-order valence-corrected chi connectivity index (χ2v) is 19.6. The fourth-order valence-corrected chi connectivity index (χ4v) is 10.4. The van der Waals surface area contributed by atoms with Crippen molar-refractivity contribution in [1.82, 2.24) is 30.1 Å². The summed E-state index contributed by atoms with van der Waals surface area (Å²) in [6.45, 7) is 16.0. The molecule has 364 valence electrons. The molecule has 4 amide bonds. The van der Waals surface area contributed by atoms with Crippen molar-refractivity contribution in [2.24, 2.45) is 17.3 Å². The molecule has 7 rings (SSSR count). The Morgan fingerprint density at radius 1 is 1.01 bits per heavy atom. The van der Waals surface area contributed by atoms with Gasteiger partial charge in [0, 0.05) is 75.7 Å². The Hall–Kier alpha value is -6.03. The zero-order chi connectivity index (χ0) is 49.0. The lowest BCUT2D eigenvalue weighted by atomic mass is 9.83. The maximum Gasteiger partial charge on any atom is 0.324 e. The maximum absolute atomic E-state index is 14.8. The van der Waals surface area contributed by atoms with Crippen LogP contribution in [0.2, 0.25) is 0 Å². The van der Waals surface area contributed by atoms with Crippen LogP contribution in [0.5, 0.6) is 5.75 Å². The number of cyclic esters (lactones) is 1. The van der Waals surface area contributed by atoms with E-state index in [1.54, 1.807) is 38.3 Å². The summed E-state index contributed by atoms with van der Waals surface area (Å²) in [5, 5.41) is 16.8. The van der Waals surface area contributed by atoms with Crippen molar-refractivity contribution in [3.8, 4) is 28.1 Å². The predicted octanol–water partition coefficient (Wildman–Crippen LogP) is 6.16. The molecular weight excluding hydrogens is 865 g/mol. The van der Waals surface area contributed by atoms with Crippen molar-refractivity contribution >= 4 is 40.5 Å². The number of methoxy groups -OCH3 is 2. The number of hydrazine groups is 1. The number of esters is 1. The van der Waals surface area contributed by atoms with E-state index in [2.05, 4.69) is 66.9 Å². The van der Waals surface area contributed by atoms with Crippen LogP contribution in [-0.2, 0) is 70.8 Å². The van der Waals surface area contributed by atoms with Crippen molar-refractivity contribution in [3.63, 3.8) is 0 Å². The van der Waals surface area contributed by atoms with Gasteiger partial charge in [0.1, 0.15) is 23.9 Å². The number of carbonyl (C=O) groups is 5. The van der Waals surface area contributed by atoms with Crippen LogP contribution in [0, 0.1) is 17.3 Å². The van der Waals surface area contributed by atoms with Crippen molar-refractivity contribution in [2.45, 2.75) is 105 Å². The normalized spacial score (nSPS) is 20.2. The molecule has 0 saturated carbocycles. The Labute approximate surface area is 399 Å². The highest BCUT2D eigenvalue weighted by Gasteiger charge is 2.40. The number of likely N-dealkylation sites (N-methyl/N-ethyl adjacent to an activating group) is 1. The Kier molecular flexibility index (Phi) is 15.5. The van der Waals surface area contributed by atoms with E-state index in [0.29, 0.717) is 63.1 Å². The van der Waals surface area contributed by atoms with Crippen LogP contribution in [0.1, 0.15) is 76.1 Å². The Bertz CT molecular complexity index is 2540. The highest BCUT2D eigenvalue weighted by Crippen LogP contribution is 2.43. The maximum atomic E-state index is 14.8. The Morgan fingerprint density at radius 3 is 2.40 bits per heavy atom. The molecule has 68 heavy (non-hydrogen) atoms. The molecule has 0 aliphatic carbocycles. The van der Waals surface area contributed by atoms with Gasteiger partial charge in [-0.3, -0.25) is 29.0 Å². The minimum Gasteiger partial charge on any atom is -0.508 e. The first-order chi connectivity index (χ1) is 32.5. The highest BCUT2D eigenvalue weighted by molar-refractivity contribution is 5.97. The largest absolute Gasteiger partial charge is 0.508 e. The molecule has 2 fully saturated rings. The number of phenols is 1. The zero-order valence-electron chi connectivity index (χ0n) is 40.9. The molecule has 3 aromatic carbocycles. The quantitative estimate of drug-likeness (QED) is 0.110. The molecule has 3 aliphatic rings. The first-order valence-electron chi connectivity index (χ1n) is 23.8. The summed E-state index contributed by atoms with van der Waals surface area (Å²) in [5.74, 6) is -2.88. The van der Waals surface area contributed by atoms with Crippen molar-refractivity contribution in [2.75, 3.05) is 47.5 Å². The molecule has 15 heteroatoms. The van der Waals surface area contributed by atoms with Gasteiger partial charge in [-0.25, -0.2) is 5.43 Å². The third kappa shape index (κ3) is 10.5. The van der Waals surface area contributed by atoms with E-state index >= 15 is 0 Å². The van der Waals surface area contributed by atoms with Gasteiger partial charge in [-0.05, 0) is 102 Å². The molecule has 4 aromatic rings. The molecule has 4 atom stereocenters. The number of benzene rings is 3. The van der Waals surface area contributed by atoms with Gasteiger partial charge in [-0.2, -0.15) is 0 Å². The molecule has 15 nitrogen and oxygen atoms in total. The molecule has 1 unspecified atom stereocenters. The van der Waals surface area contributed by atoms with Crippen LogP contribution in [0.25, 0.3) is 33.3 Å².